The van der Waals surface area contributed by atoms with Gasteiger partial charge in [0.1, 0.15) is 0 Å². The smallest absolute Gasteiger partial charge is 0.253 e. The summed E-state index contributed by atoms with van der Waals surface area (Å²) in [4.78, 5) is 19.8. The molecule has 142 valence electrons. The molecule has 3 aliphatic heterocycles. The monoisotopic (exact) mass is 357 g/mol. The Morgan fingerprint density at radius 2 is 1.62 bits per heavy atom. The van der Waals surface area contributed by atoms with Gasteiger partial charge >= 0.3 is 0 Å². The molecule has 1 amide bonds. The van der Waals surface area contributed by atoms with E-state index in [2.05, 4.69) is 9.80 Å². The van der Waals surface area contributed by atoms with E-state index in [4.69, 9.17) is 4.74 Å². The highest BCUT2D eigenvalue weighted by Crippen LogP contribution is 2.21. The van der Waals surface area contributed by atoms with Crippen molar-refractivity contribution in [2.24, 2.45) is 11.8 Å². The fourth-order valence-electron chi connectivity index (χ4n) is 4.54. The Balaban J connectivity index is 1.19. The van der Waals surface area contributed by atoms with Gasteiger partial charge in [-0.05, 0) is 36.8 Å². The van der Waals surface area contributed by atoms with Crippen molar-refractivity contribution in [1.29, 1.82) is 0 Å². The molecule has 26 heavy (non-hydrogen) atoms. The Hall–Kier alpha value is -1.43. The molecule has 0 unspecified atom stereocenters. The predicted molar refractivity (Wildman–Crippen MR) is 102 cm³/mol. The number of nitrogens with zero attached hydrogens (tertiary/aromatic N) is 3. The van der Waals surface area contributed by atoms with Gasteiger partial charge in [0.15, 0.2) is 0 Å². The zero-order chi connectivity index (χ0) is 17.8. The summed E-state index contributed by atoms with van der Waals surface area (Å²) in [5.41, 5.74) is 0.817. The number of carbonyl (C=O) groups is 1. The molecule has 4 rings (SSSR count). The zero-order valence-corrected chi connectivity index (χ0v) is 15.7. The first-order chi connectivity index (χ1) is 12.8. The van der Waals surface area contributed by atoms with Gasteiger partial charge in [-0.1, -0.05) is 18.2 Å². The summed E-state index contributed by atoms with van der Waals surface area (Å²) in [5.74, 6) is 1.56. The number of rotatable bonds is 5. The lowest BCUT2D eigenvalue weighted by Gasteiger charge is -2.36. The minimum atomic E-state index is 0.191. The fraction of sp³-hybridized carbons (Fsp3) is 0.667. The van der Waals surface area contributed by atoms with Gasteiger partial charge in [0.25, 0.3) is 5.91 Å². The van der Waals surface area contributed by atoms with Crippen LogP contribution in [0.4, 0.5) is 0 Å². The van der Waals surface area contributed by atoms with Gasteiger partial charge in [-0.2, -0.15) is 0 Å². The van der Waals surface area contributed by atoms with Gasteiger partial charge < -0.3 is 19.4 Å². The summed E-state index contributed by atoms with van der Waals surface area (Å²) >= 11 is 0. The molecule has 0 aliphatic carbocycles. The van der Waals surface area contributed by atoms with E-state index in [9.17, 15) is 4.79 Å². The number of amides is 1. The number of benzene rings is 1. The van der Waals surface area contributed by atoms with E-state index in [1.54, 1.807) is 0 Å². The van der Waals surface area contributed by atoms with Crippen molar-refractivity contribution in [3.63, 3.8) is 0 Å². The maximum atomic E-state index is 12.6. The number of carbonyl (C=O) groups excluding carboxylic acids is 1. The Morgan fingerprint density at radius 3 is 2.27 bits per heavy atom. The van der Waals surface area contributed by atoms with Crippen LogP contribution in [0, 0.1) is 11.8 Å². The average molecular weight is 357 g/mol. The normalized spacial score (nSPS) is 27.9. The molecule has 0 bridgehead atoms. The summed E-state index contributed by atoms with van der Waals surface area (Å²) < 4.78 is 5.50. The van der Waals surface area contributed by atoms with E-state index in [0.717, 1.165) is 63.8 Å². The second-order valence-electron chi connectivity index (χ2n) is 8.10. The molecule has 3 aliphatic rings. The average Bonchev–Trinajstić information content (AvgIpc) is 3.36. The molecule has 0 radical (unpaired) electrons. The molecule has 0 aromatic heterocycles. The largest absolute Gasteiger partial charge is 0.381 e. The number of likely N-dealkylation sites (tertiary alicyclic amines) is 1. The quantitative estimate of drug-likeness (QED) is 0.805. The Bertz CT molecular complexity index is 580. The van der Waals surface area contributed by atoms with Crippen LogP contribution in [-0.2, 0) is 4.74 Å². The van der Waals surface area contributed by atoms with Crippen LogP contribution in [0.25, 0.3) is 0 Å². The third kappa shape index (κ3) is 4.45. The van der Waals surface area contributed by atoms with E-state index in [-0.39, 0.29) is 5.91 Å². The Morgan fingerprint density at radius 1 is 0.923 bits per heavy atom. The summed E-state index contributed by atoms with van der Waals surface area (Å²) in [6.45, 7) is 10.7. The van der Waals surface area contributed by atoms with Crippen molar-refractivity contribution >= 4 is 5.91 Å². The first-order valence-corrected chi connectivity index (χ1v) is 10.1. The molecule has 0 N–H and O–H groups in total. The van der Waals surface area contributed by atoms with Crippen molar-refractivity contribution < 1.29 is 9.53 Å². The number of hydrogen-bond donors (Lipinski definition) is 0. The molecular weight excluding hydrogens is 326 g/mol. The van der Waals surface area contributed by atoms with E-state index in [1.165, 1.54) is 26.1 Å². The molecule has 3 heterocycles. The van der Waals surface area contributed by atoms with Gasteiger partial charge in [0, 0.05) is 64.5 Å². The number of ether oxygens (including phenoxy) is 1. The highest BCUT2D eigenvalue weighted by molar-refractivity contribution is 5.94. The van der Waals surface area contributed by atoms with Crippen LogP contribution in [0.1, 0.15) is 23.2 Å². The van der Waals surface area contributed by atoms with Crippen LogP contribution in [-0.4, -0.2) is 86.2 Å². The molecule has 3 saturated heterocycles. The van der Waals surface area contributed by atoms with Crippen LogP contribution >= 0.6 is 0 Å². The minimum absolute atomic E-state index is 0.191. The molecule has 0 saturated carbocycles. The van der Waals surface area contributed by atoms with E-state index in [0.29, 0.717) is 5.92 Å². The third-order valence-corrected chi connectivity index (χ3v) is 6.12. The molecule has 5 nitrogen and oxygen atoms in total. The van der Waals surface area contributed by atoms with Gasteiger partial charge in [-0.15, -0.1) is 0 Å². The lowest BCUT2D eigenvalue weighted by Crippen LogP contribution is -2.49. The minimum Gasteiger partial charge on any atom is -0.381 e. The summed E-state index contributed by atoms with van der Waals surface area (Å²) in [6.07, 6.45) is 2.37. The Kier molecular flexibility index (Phi) is 5.88. The Labute approximate surface area is 156 Å². The zero-order valence-electron chi connectivity index (χ0n) is 15.7. The van der Waals surface area contributed by atoms with Gasteiger partial charge in [-0.3, -0.25) is 4.79 Å². The maximum Gasteiger partial charge on any atom is 0.253 e. The van der Waals surface area contributed by atoms with Gasteiger partial charge in [0.2, 0.25) is 0 Å². The van der Waals surface area contributed by atoms with Crippen molar-refractivity contribution in [2.75, 3.05) is 65.6 Å². The molecule has 1 aromatic carbocycles. The number of hydrogen-bond acceptors (Lipinski definition) is 4. The second-order valence-corrected chi connectivity index (χ2v) is 8.10. The van der Waals surface area contributed by atoms with Gasteiger partial charge in [-0.25, -0.2) is 0 Å². The summed E-state index contributed by atoms with van der Waals surface area (Å²) in [6, 6.07) is 9.69. The van der Waals surface area contributed by atoms with Gasteiger partial charge in [0.05, 0.1) is 6.61 Å². The predicted octanol–water partition coefficient (Wildman–Crippen LogP) is 1.80. The molecule has 3 fully saturated rings. The van der Waals surface area contributed by atoms with Crippen LogP contribution in [0.2, 0.25) is 0 Å². The van der Waals surface area contributed by atoms with Crippen LogP contribution < -0.4 is 0 Å². The molecular formula is C21H31N3O2. The third-order valence-electron chi connectivity index (χ3n) is 6.12. The lowest BCUT2D eigenvalue weighted by atomic mass is 10.1. The van der Waals surface area contributed by atoms with E-state index < -0.39 is 0 Å². The molecule has 2 atom stereocenters. The maximum absolute atomic E-state index is 12.6. The highest BCUT2D eigenvalue weighted by atomic mass is 16.5. The molecule has 0 spiro atoms. The van der Waals surface area contributed by atoms with Crippen LogP contribution in [0.3, 0.4) is 0 Å². The second kappa shape index (κ2) is 8.51. The fourth-order valence-corrected chi connectivity index (χ4v) is 4.54. The van der Waals surface area contributed by atoms with Crippen LogP contribution in [0.5, 0.6) is 0 Å². The first-order valence-electron chi connectivity index (χ1n) is 10.1. The number of piperazine rings is 1. The van der Waals surface area contributed by atoms with Crippen LogP contribution in [0.15, 0.2) is 30.3 Å². The van der Waals surface area contributed by atoms with E-state index >= 15 is 0 Å². The van der Waals surface area contributed by atoms with Crippen molar-refractivity contribution in [3.8, 4) is 0 Å². The first kappa shape index (κ1) is 18.0. The highest BCUT2D eigenvalue weighted by Gasteiger charge is 2.29. The van der Waals surface area contributed by atoms with Crippen molar-refractivity contribution in [2.45, 2.75) is 12.8 Å². The lowest BCUT2D eigenvalue weighted by molar-refractivity contribution is 0.0772. The SMILES string of the molecule is O=C(c1ccccc1)N1CC[C@H](CN2CCN(C[C@@H]3CCOC3)CC2)C1. The van der Waals surface area contributed by atoms with Crippen molar-refractivity contribution in [3.05, 3.63) is 35.9 Å². The van der Waals surface area contributed by atoms with Crippen molar-refractivity contribution in [1.82, 2.24) is 14.7 Å². The van der Waals surface area contributed by atoms with E-state index in [1.807, 2.05) is 35.2 Å². The summed E-state index contributed by atoms with van der Waals surface area (Å²) in [5, 5.41) is 0. The topological polar surface area (TPSA) is 36.0 Å². The molecule has 1 aromatic rings. The standard InChI is InChI=1S/C21H31N3O2/c25-21(20-4-2-1-3-5-20)24-8-6-18(16-24)14-22-9-11-23(12-10-22)15-19-7-13-26-17-19/h1-5,18-19H,6-17H2/t18-,19+/m1/s1. The summed E-state index contributed by atoms with van der Waals surface area (Å²) in [7, 11) is 0. The molecule has 5 heteroatoms.